The van der Waals surface area contributed by atoms with Crippen molar-refractivity contribution < 1.29 is 14.3 Å². The fourth-order valence-corrected chi connectivity index (χ4v) is 5.71. The highest BCUT2D eigenvalue weighted by Crippen LogP contribution is 2.41. The van der Waals surface area contributed by atoms with E-state index in [1.165, 1.54) is 10.4 Å². The summed E-state index contributed by atoms with van der Waals surface area (Å²) in [4.78, 5) is 23.1. The molecular formula is C24H28N6O3S. The van der Waals surface area contributed by atoms with Gasteiger partial charge in [0.15, 0.2) is 0 Å². The van der Waals surface area contributed by atoms with Crippen LogP contribution in [0.15, 0.2) is 24.7 Å². The van der Waals surface area contributed by atoms with Crippen molar-refractivity contribution in [3.8, 4) is 5.75 Å². The van der Waals surface area contributed by atoms with Gasteiger partial charge in [0.25, 0.3) is 0 Å². The van der Waals surface area contributed by atoms with Crippen LogP contribution in [0.2, 0.25) is 0 Å². The summed E-state index contributed by atoms with van der Waals surface area (Å²) in [6.07, 6.45) is 5.89. The van der Waals surface area contributed by atoms with Crippen molar-refractivity contribution in [2.45, 2.75) is 46.1 Å². The fourth-order valence-electron chi connectivity index (χ4n) is 4.41. The third-order valence-electron chi connectivity index (χ3n) is 5.91. The quantitative estimate of drug-likeness (QED) is 0.343. The van der Waals surface area contributed by atoms with Crippen LogP contribution in [-0.2, 0) is 17.6 Å². The van der Waals surface area contributed by atoms with Gasteiger partial charge >= 0.3 is 6.09 Å². The number of hydrogen-bond donors (Lipinski definition) is 3. The van der Waals surface area contributed by atoms with Crippen molar-refractivity contribution in [2.75, 3.05) is 18.5 Å². The molecule has 1 unspecified atom stereocenters. The summed E-state index contributed by atoms with van der Waals surface area (Å²) in [5.74, 6) is 1.90. The van der Waals surface area contributed by atoms with Gasteiger partial charge in [-0.3, -0.25) is 5.10 Å². The van der Waals surface area contributed by atoms with E-state index in [2.05, 4.69) is 30.8 Å². The topological polar surface area (TPSA) is 114 Å². The molecule has 9 nitrogen and oxygen atoms in total. The smallest absolute Gasteiger partial charge is 0.407 e. The van der Waals surface area contributed by atoms with Crippen LogP contribution < -0.4 is 15.4 Å². The molecule has 0 saturated carbocycles. The van der Waals surface area contributed by atoms with Gasteiger partial charge in [0.1, 0.15) is 22.7 Å². The predicted molar refractivity (Wildman–Crippen MR) is 133 cm³/mol. The molecular weight excluding hydrogens is 452 g/mol. The van der Waals surface area contributed by atoms with Crippen LogP contribution >= 0.6 is 11.3 Å². The van der Waals surface area contributed by atoms with Crippen LogP contribution in [0.25, 0.3) is 21.1 Å². The number of aryl methyl sites for hydroxylation is 1. The number of H-pyrrole nitrogens is 1. The summed E-state index contributed by atoms with van der Waals surface area (Å²) in [5.41, 5.74) is 3.06. The number of carbonyl (C=O) groups is 1. The van der Waals surface area contributed by atoms with Crippen molar-refractivity contribution in [1.82, 2.24) is 25.5 Å². The maximum atomic E-state index is 11.7. The fraction of sp³-hybridized carbons (Fsp3) is 0.417. The second kappa shape index (κ2) is 9.46. The van der Waals surface area contributed by atoms with Crippen LogP contribution in [0.1, 0.15) is 37.6 Å². The monoisotopic (exact) mass is 480 g/mol. The Balaban J connectivity index is 1.44. The third-order valence-corrected chi connectivity index (χ3v) is 7.08. The maximum absolute atomic E-state index is 11.7. The summed E-state index contributed by atoms with van der Waals surface area (Å²) in [6.45, 7) is 6.81. The van der Waals surface area contributed by atoms with Crippen LogP contribution in [0.3, 0.4) is 0 Å². The second-order valence-electron chi connectivity index (χ2n) is 8.71. The van der Waals surface area contributed by atoms with Gasteiger partial charge in [-0.2, -0.15) is 5.10 Å². The number of rotatable bonds is 7. The maximum Gasteiger partial charge on any atom is 0.407 e. The minimum atomic E-state index is -0.351. The number of amides is 1. The number of aromatic amines is 1. The Hall–Kier alpha value is -3.40. The molecule has 1 aliphatic rings. The first-order valence-electron chi connectivity index (χ1n) is 11.6. The van der Waals surface area contributed by atoms with Gasteiger partial charge in [-0.15, -0.1) is 11.3 Å². The molecule has 10 heteroatoms. The van der Waals surface area contributed by atoms with Crippen LogP contribution in [0, 0.1) is 5.92 Å². The van der Waals surface area contributed by atoms with E-state index >= 15 is 0 Å². The summed E-state index contributed by atoms with van der Waals surface area (Å²) in [7, 11) is 0. The van der Waals surface area contributed by atoms with E-state index in [9.17, 15) is 4.79 Å². The lowest BCUT2D eigenvalue weighted by Crippen LogP contribution is -2.32. The zero-order valence-corrected chi connectivity index (χ0v) is 20.3. The number of ether oxygens (including phenoxy) is 2. The largest absolute Gasteiger partial charge is 0.489 e. The lowest BCUT2D eigenvalue weighted by atomic mass is 9.88. The molecule has 0 radical (unpaired) electrons. The molecule has 0 spiro atoms. The Labute approximate surface area is 201 Å². The molecule has 0 aliphatic heterocycles. The first kappa shape index (κ1) is 22.4. The number of nitrogens with zero attached hydrogens (tertiary/aromatic N) is 3. The Morgan fingerprint density at radius 1 is 1.32 bits per heavy atom. The van der Waals surface area contributed by atoms with Crippen LogP contribution in [-0.4, -0.2) is 45.5 Å². The molecule has 1 aromatic carbocycles. The van der Waals surface area contributed by atoms with E-state index in [1.807, 2.05) is 32.9 Å². The molecule has 3 aromatic heterocycles. The van der Waals surface area contributed by atoms with E-state index in [4.69, 9.17) is 9.47 Å². The van der Waals surface area contributed by atoms with Gasteiger partial charge in [0.2, 0.25) is 0 Å². The Morgan fingerprint density at radius 2 is 2.21 bits per heavy atom. The zero-order valence-electron chi connectivity index (χ0n) is 19.5. The number of carbonyl (C=O) groups excluding carboxylic acids is 1. The molecule has 3 heterocycles. The SMILES string of the molecule is CCOC(=O)NCC1CCc2c(sc3ncnc(Nc4cc5cn[nH]c5cc4OC(C)C)c23)C1. The number of alkyl carbamates (subject to hydrolysis) is 1. The number of nitrogens with one attached hydrogen (secondary N) is 3. The summed E-state index contributed by atoms with van der Waals surface area (Å²) < 4.78 is 11.1. The average Bonchev–Trinajstić information content (AvgIpc) is 3.41. The standard InChI is InChI=1S/C24H28N6O3S/c1-4-32-24(31)25-10-14-5-6-16-20(7-14)34-23-21(16)22(26-12-27-23)29-18-8-15-11-28-30-17(15)9-19(18)33-13(2)3/h8-9,11-14H,4-7,10H2,1-3H3,(H,25,31)(H,28,30)(H,26,27,29). The average molecular weight is 481 g/mol. The van der Waals surface area contributed by atoms with Gasteiger partial charge in [-0.25, -0.2) is 14.8 Å². The highest BCUT2D eigenvalue weighted by atomic mass is 32.1. The lowest BCUT2D eigenvalue weighted by Gasteiger charge is -2.22. The van der Waals surface area contributed by atoms with Gasteiger partial charge in [0.05, 0.1) is 35.5 Å². The van der Waals surface area contributed by atoms with Gasteiger partial charge in [0, 0.05) is 22.9 Å². The first-order valence-corrected chi connectivity index (χ1v) is 12.4. The van der Waals surface area contributed by atoms with Crippen molar-refractivity contribution in [2.24, 2.45) is 5.92 Å². The predicted octanol–water partition coefficient (Wildman–Crippen LogP) is 4.95. The minimum Gasteiger partial charge on any atom is -0.489 e. The highest BCUT2D eigenvalue weighted by Gasteiger charge is 2.26. The Morgan fingerprint density at radius 3 is 3.03 bits per heavy atom. The first-order chi connectivity index (χ1) is 16.5. The molecule has 4 aromatic rings. The van der Waals surface area contributed by atoms with E-state index in [1.54, 1.807) is 23.9 Å². The molecule has 34 heavy (non-hydrogen) atoms. The number of benzene rings is 1. The summed E-state index contributed by atoms with van der Waals surface area (Å²) in [6, 6.07) is 3.99. The molecule has 1 amide bonds. The molecule has 1 atom stereocenters. The van der Waals surface area contributed by atoms with Crippen molar-refractivity contribution in [3.05, 3.63) is 35.1 Å². The number of thiophene rings is 1. The van der Waals surface area contributed by atoms with Crippen molar-refractivity contribution in [1.29, 1.82) is 0 Å². The Bertz CT molecular complexity index is 1330. The highest BCUT2D eigenvalue weighted by molar-refractivity contribution is 7.19. The molecule has 0 bridgehead atoms. The number of hydrogen-bond acceptors (Lipinski definition) is 8. The molecule has 3 N–H and O–H groups in total. The number of anilines is 2. The summed E-state index contributed by atoms with van der Waals surface area (Å²) in [5, 5.41) is 15.6. The third kappa shape index (κ3) is 4.50. The van der Waals surface area contributed by atoms with Crippen molar-refractivity contribution in [3.63, 3.8) is 0 Å². The van der Waals surface area contributed by atoms with E-state index in [0.717, 1.165) is 57.6 Å². The molecule has 0 saturated heterocycles. The normalized spacial score (nSPS) is 15.5. The van der Waals surface area contributed by atoms with Gasteiger partial charge < -0.3 is 20.1 Å². The van der Waals surface area contributed by atoms with Crippen LogP contribution in [0.5, 0.6) is 5.75 Å². The van der Waals surface area contributed by atoms with Crippen LogP contribution in [0.4, 0.5) is 16.3 Å². The minimum absolute atomic E-state index is 0.0281. The number of fused-ring (bicyclic) bond motifs is 4. The molecule has 5 rings (SSSR count). The Kier molecular flexibility index (Phi) is 6.23. The lowest BCUT2D eigenvalue weighted by molar-refractivity contribution is 0.150. The molecule has 0 fully saturated rings. The van der Waals surface area contributed by atoms with Gasteiger partial charge in [-0.1, -0.05) is 0 Å². The van der Waals surface area contributed by atoms with E-state index in [-0.39, 0.29) is 12.2 Å². The number of aromatic nitrogens is 4. The second-order valence-corrected chi connectivity index (χ2v) is 9.80. The van der Waals surface area contributed by atoms with E-state index < -0.39 is 0 Å². The van der Waals surface area contributed by atoms with Crippen molar-refractivity contribution >= 4 is 50.1 Å². The molecule has 1 aliphatic carbocycles. The summed E-state index contributed by atoms with van der Waals surface area (Å²) >= 11 is 1.71. The van der Waals surface area contributed by atoms with Gasteiger partial charge in [-0.05, 0) is 57.6 Å². The zero-order chi connectivity index (χ0) is 23.7. The van der Waals surface area contributed by atoms with E-state index in [0.29, 0.717) is 19.1 Å². The molecule has 178 valence electrons.